The molecule has 1 aromatic carbocycles. The summed E-state index contributed by atoms with van der Waals surface area (Å²) in [5.41, 5.74) is -0.756. The van der Waals surface area contributed by atoms with Crippen LogP contribution in [0.25, 0.3) is 0 Å². The van der Waals surface area contributed by atoms with Gasteiger partial charge >= 0.3 is 6.18 Å². The van der Waals surface area contributed by atoms with Crippen LogP contribution < -0.4 is 4.74 Å². The Balaban J connectivity index is 3.09. The maximum atomic E-state index is 12.5. The molecule has 0 aliphatic carbocycles. The topological polar surface area (TPSA) is 49.7 Å². The molecule has 3 nitrogen and oxygen atoms in total. The molecule has 7 heteroatoms. The van der Waals surface area contributed by atoms with Crippen LogP contribution in [0.4, 0.5) is 13.2 Å². The molecule has 0 amide bonds. The summed E-state index contributed by atoms with van der Waals surface area (Å²) in [5.74, 6) is 0.238. The molecular formula is C12H15F3O3S. The van der Waals surface area contributed by atoms with Crippen molar-refractivity contribution in [1.82, 2.24) is 0 Å². The molecule has 0 aliphatic rings. The Labute approximate surface area is 114 Å². The molecule has 19 heavy (non-hydrogen) atoms. The maximum absolute atomic E-state index is 12.5. The zero-order valence-corrected chi connectivity index (χ0v) is 11.1. The first-order valence-corrected chi connectivity index (χ1v) is 6.16. The first-order valence-electron chi connectivity index (χ1n) is 5.53. The van der Waals surface area contributed by atoms with E-state index in [2.05, 4.69) is 12.6 Å². The SMILES string of the molecule is COc1cc(C(F)(F)F)ccc1C(O)C(O)CCS. The standard InChI is InChI=1S/C12H15F3O3S/c1-18-10-6-7(12(13,14)15)2-3-8(10)11(17)9(16)4-5-19/h2-3,6,9,11,16-17,19H,4-5H2,1H3. The summed E-state index contributed by atoms with van der Waals surface area (Å²) in [6, 6.07) is 2.74. The molecule has 1 aromatic rings. The number of halogens is 3. The lowest BCUT2D eigenvalue weighted by Gasteiger charge is -2.20. The van der Waals surface area contributed by atoms with E-state index in [9.17, 15) is 23.4 Å². The van der Waals surface area contributed by atoms with Gasteiger partial charge in [0.2, 0.25) is 0 Å². The van der Waals surface area contributed by atoms with E-state index < -0.39 is 23.9 Å². The van der Waals surface area contributed by atoms with Crippen LogP contribution in [0.1, 0.15) is 23.7 Å². The van der Waals surface area contributed by atoms with E-state index >= 15 is 0 Å². The minimum atomic E-state index is -4.49. The Bertz CT molecular complexity index is 423. The Hall–Kier alpha value is -0.920. The lowest BCUT2D eigenvalue weighted by Crippen LogP contribution is -2.19. The van der Waals surface area contributed by atoms with Gasteiger partial charge in [-0.2, -0.15) is 25.8 Å². The lowest BCUT2D eigenvalue weighted by molar-refractivity contribution is -0.137. The van der Waals surface area contributed by atoms with Crippen LogP contribution in [0.5, 0.6) is 5.75 Å². The van der Waals surface area contributed by atoms with E-state index in [1.54, 1.807) is 0 Å². The largest absolute Gasteiger partial charge is 0.496 e. The number of hydrogen-bond donors (Lipinski definition) is 3. The van der Waals surface area contributed by atoms with Gasteiger partial charge in [0.25, 0.3) is 0 Å². The number of benzene rings is 1. The molecule has 1 rings (SSSR count). The summed E-state index contributed by atoms with van der Waals surface area (Å²) >= 11 is 3.92. The Kier molecular flexibility index (Phi) is 5.51. The zero-order chi connectivity index (χ0) is 14.6. The molecule has 2 N–H and O–H groups in total. The lowest BCUT2D eigenvalue weighted by atomic mass is 10.00. The predicted octanol–water partition coefficient (Wildman–Crippen LogP) is 2.43. The minimum Gasteiger partial charge on any atom is -0.496 e. The van der Waals surface area contributed by atoms with Crippen molar-refractivity contribution >= 4 is 12.6 Å². The Morgan fingerprint density at radius 1 is 1.32 bits per heavy atom. The summed E-state index contributed by atoms with van der Waals surface area (Å²) in [6.45, 7) is 0. The van der Waals surface area contributed by atoms with E-state index in [4.69, 9.17) is 4.74 Å². The molecule has 0 aromatic heterocycles. The molecule has 2 unspecified atom stereocenters. The molecule has 0 saturated carbocycles. The second kappa shape index (κ2) is 6.49. The summed E-state index contributed by atoms with van der Waals surface area (Å²) < 4.78 is 42.5. The van der Waals surface area contributed by atoms with Crippen molar-refractivity contribution in [2.75, 3.05) is 12.9 Å². The summed E-state index contributed by atoms with van der Waals surface area (Å²) in [4.78, 5) is 0. The maximum Gasteiger partial charge on any atom is 0.416 e. The van der Waals surface area contributed by atoms with Gasteiger partial charge in [-0.05, 0) is 24.3 Å². The number of aliphatic hydroxyl groups is 2. The van der Waals surface area contributed by atoms with Crippen molar-refractivity contribution < 1.29 is 28.1 Å². The van der Waals surface area contributed by atoms with Gasteiger partial charge in [-0.25, -0.2) is 0 Å². The third-order valence-electron chi connectivity index (χ3n) is 2.67. The van der Waals surface area contributed by atoms with E-state index in [1.165, 1.54) is 7.11 Å². The van der Waals surface area contributed by atoms with Crippen LogP contribution in [0, 0.1) is 0 Å². The number of ether oxygens (including phenoxy) is 1. The molecule has 2 atom stereocenters. The first-order chi connectivity index (χ1) is 8.81. The van der Waals surface area contributed by atoms with Crippen molar-refractivity contribution in [2.45, 2.75) is 24.8 Å². The fourth-order valence-electron chi connectivity index (χ4n) is 1.63. The van der Waals surface area contributed by atoms with Crippen LogP contribution in [0.2, 0.25) is 0 Å². The van der Waals surface area contributed by atoms with Crippen LogP contribution in [0.15, 0.2) is 18.2 Å². The van der Waals surface area contributed by atoms with Crippen LogP contribution in [-0.2, 0) is 6.18 Å². The van der Waals surface area contributed by atoms with Gasteiger partial charge in [-0.3, -0.25) is 0 Å². The van der Waals surface area contributed by atoms with E-state index in [0.717, 1.165) is 18.2 Å². The highest BCUT2D eigenvalue weighted by Crippen LogP contribution is 2.36. The van der Waals surface area contributed by atoms with Crippen molar-refractivity contribution in [3.8, 4) is 5.75 Å². The van der Waals surface area contributed by atoms with Gasteiger partial charge in [-0.1, -0.05) is 6.07 Å². The summed E-state index contributed by atoms with van der Waals surface area (Å²) in [6.07, 6.45) is -6.69. The summed E-state index contributed by atoms with van der Waals surface area (Å²) in [5, 5.41) is 19.5. The third-order valence-corrected chi connectivity index (χ3v) is 2.93. The monoisotopic (exact) mass is 296 g/mol. The van der Waals surface area contributed by atoms with Crippen LogP contribution in [-0.4, -0.2) is 29.2 Å². The average Bonchev–Trinajstić information content (AvgIpc) is 2.36. The van der Waals surface area contributed by atoms with Crippen molar-refractivity contribution in [3.63, 3.8) is 0 Å². The molecular weight excluding hydrogens is 281 g/mol. The zero-order valence-electron chi connectivity index (χ0n) is 10.2. The molecule has 0 fully saturated rings. The van der Waals surface area contributed by atoms with Gasteiger partial charge in [0.15, 0.2) is 0 Å². The first kappa shape index (κ1) is 16.1. The van der Waals surface area contributed by atoms with Crippen LogP contribution in [0.3, 0.4) is 0 Å². The van der Waals surface area contributed by atoms with E-state index in [0.29, 0.717) is 5.75 Å². The normalized spacial score (nSPS) is 15.1. The minimum absolute atomic E-state index is 0.111. The van der Waals surface area contributed by atoms with Gasteiger partial charge in [0, 0.05) is 5.56 Å². The van der Waals surface area contributed by atoms with E-state index in [-0.39, 0.29) is 17.7 Å². The molecule has 0 heterocycles. The molecule has 0 bridgehead atoms. The number of alkyl halides is 3. The smallest absolute Gasteiger partial charge is 0.416 e. The predicted molar refractivity (Wildman–Crippen MR) is 67.4 cm³/mol. The molecule has 0 radical (unpaired) electrons. The van der Waals surface area contributed by atoms with Gasteiger partial charge in [-0.15, -0.1) is 0 Å². The molecule has 0 spiro atoms. The highest BCUT2D eigenvalue weighted by atomic mass is 32.1. The van der Waals surface area contributed by atoms with Crippen molar-refractivity contribution in [3.05, 3.63) is 29.3 Å². The molecule has 0 aliphatic heterocycles. The number of methoxy groups -OCH3 is 1. The summed E-state index contributed by atoms with van der Waals surface area (Å²) in [7, 11) is 1.21. The Morgan fingerprint density at radius 3 is 2.42 bits per heavy atom. The highest BCUT2D eigenvalue weighted by molar-refractivity contribution is 7.80. The second-order valence-electron chi connectivity index (χ2n) is 3.98. The molecule has 108 valence electrons. The van der Waals surface area contributed by atoms with Gasteiger partial charge in [0.05, 0.1) is 18.8 Å². The van der Waals surface area contributed by atoms with Gasteiger partial charge < -0.3 is 14.9 Å². The quantitative estimate of drug-likeness (QED) is 0.731. The van der Waals surface area contributed by atoms with Gasteiger partial charge in [0.1, 0.15) is 11.9 Å². The highest BCUT2D eigenvalue weighted by Gasteiger charge is 2.32. The van der Waals surface area contributed by atoms with Crippen molar-refractivity contribution in [1.29, 1.82) is 0 Å². The second-order valence-corrected chi connectivity index (χ2v) is 4.43. The van der Waals surface area contributed by atoms with E-state index in [1.807, 2.05) is 0 Å². The Morgan fingerprint density at radius 2 is 1.95 bits per heavy atom. The average molecular weight is 296 g/mol. The fourth-order valence-corrected chi connectivity index (χ4v) is 1.89. The fraction of sp³-hybridized carbons (Fsp3) is 0.500. The number of thiol groups is 1. The van der Waals surface area contributed by atoms with Crippen molar-refractivity contribution in [2.24, 2.45) is 0 Å². The third kappa shape index (κ3) is 4.02. The number of rotatable bonds is 5. The molecule has 0 saturated heterocycles. The van der Waals surface area contributed by atoms with Crippen LogP contribution >= 0.6 is 12.6 Å². The number of hydrogen-bond acceptors (Lipinski definition) is 4. The number of aliphatic hydroxyl groups excluding tert-OH is 2.